The van der Waals surface area contributed by atoms with E-state index in [4.69, 9.17) is 0 Å². The second-order valence-electron chi connectivity index (χ2n) is 6.33. The van der Waals surface area contributed by atoms with Gasteiger partial charge in [-0.2, -0.15) is 9.61 Å². The Morgan fingerprint density at radius 2 is 1.96 bits per heavy atom. The minimum absolute atomic E-state index is 0.0924. The SMILES string of the molecule is Cc1nn2c(=O)cc(CNc3ccc(C(=O)N4CCCC4)cc3)nc2s1. The van der Waals surface area contributed by atoms with Gasteiger partial charge in [-0.3, -0.25) is 9.59 Å². The highest BCUT2D eigenvalue weighted by Crippen LogP contribution is 2.16. The molecule has 4 rings (SSSR count). The topological polar surface area (TPSA) is 79.6 Å². The minimum atomic E-state index is -0.178. The van der Waals surface area contributed by atoms with Gasteiger partial charge < -0.3 is 10.2 Å². The summed E-state index contributed by atoms with van der Waals surface area (Å²) >= 11 is 1.39. The molecule has 1 aromatic carbocycles. The number of nitrogens with zero attached hydrogens (tertiary/aromatic N) is 4. The van der Waals surface area contributed by atoms with Crippen LogP contribution in [0.2, 0.25) is 0 Å². The molecular weight excluding hydrogens is 350 g/mol. The Hall–Kier alpha value is -2.74. The van der Waals surface area contributed by atoms with Crippen LogP contribution in [0.15, 0.2) is 35.1 Å². The predicted molar refractivity (Wildman–Crippen MR) is 101 cm³/mol. The molecule has 26 heavy (non-hydrogen) atoms. The van der Waals surface area contributed by atoms with Gasteiger partial charge in [0, 0.05) is 30.4 Å². The summed E-state index contributed by atoms with van der Waals surface area (Å²) in [6.45, 7) is 3.98. The summed E-state index contributed by atoms with van der Waals surface area (Å²) < 4.78 is 1.32. The normalized spacial score (nSPS) is 14.1. The van der Waals surface area contributed by atoms with E-state index >= 15 is 0 Å². The van der Waals surface area contributed by atoms with Crippen molar-refractivity contribution in [3.05, 3.63) is 57.0 Å². The van der Waals surface area contributed by atoms with E-state index in [2.05, 4.69) is 15.4 Å². The maximum Gasteiger partial charge on any atom is 0.275 e. The minimum Gasteiger partial charge on any atom is -0.379 e. The van der Waals surface area contributed by atoms with Crippen LogP contribution in [-0.4, -0.2) is 38.5 Å². The fourth-order valence-corrected chi connectivity index (χ4v) is 3.84. The maximum atomic E-state index is 12.4. The van der Waals surface area contributed by atoms with E-state index in [0.717, 1.165) is 36.6 Å². The van der Waals surface area contributed by atoms with Crippen LogP contribution >= 0.6 is 11.3 Å². The van der Waals surface area contributed by atoms with Crippen molar-refractivity contribution < 1.29 is 4.79 Å². The molecule has 1 amide bonds. The fourth-order valence-electron chi connectivity index (χ4n) is 3.07. The summed E-state index contributed by atoms with van der Waals surface area (Å²) in [5.41, 5.74) is 2.07. The number of benzene rings is 1. The summed E-state index contributed by atoms with van der Waals surface area (Å²) in [6.07, 6.45) is 2.17. The molecule has 0 bridgehead atoms. The third kappa shape index (κ3) is 3.32. The number of aromatic nitrogens is 3. The molecule has 8 heteroatoms. The summed E-state index contributed by atoms with van der Waals surface area (Å²) in [5, 5.41) is 8.18. The van der Waals surface area contributed by atoms with Crippen molar-refractivity contribution in [1.29, 1.82) is 0 Å². The monoisotopic (exact) mass is 369 g/mol. The second-order valence-corrected chi connectivity index (χ2v) is 7.49. The molecule has 0 spiro atoms. The maximum absolute atomic E-state index is 12.4. The average molecular weight is 369 g/mol. The molecule has 134 valence electrons. The van der Waals surface area contributed by atoms with E-state index in [1.54, 1.807) is 0 Å². The third-order valence-corrected chi connectivity index (χ3v) is 5.22. The number of fused-ring (bicyclic) bond motifs is 1. The molecule has 7 nitrogen and oxygen atoms in total. The standard InChI is InChI=1S/C18H19N5O2S/c1-12-21-23-16(24)10-15(20-18(23)26-12)11-19-14-6-4-13(5-7-14)17(25)22-8-2-3-9-22/h4-7,10,19H,2-3,8-9,11H2,1H3. The largest absolute Gasteiger partial charge is 0.379 e. The molecular formula is C18H19N5O2S. The lowest BCUT2D eigenvalue weighted by atomic mass is 10.2. The Morgan fingerprint density at radius 1 is 1.23 bits per heavy atom. The van der Waals surface area contributed by atoms with Gasteiger partial charge in [0.2, 0.25) is 4.96 Å². The van der Waals surface area contributed by atoms with E-state index < -0.39 is 0 Å². The molecule has 2 aromatic heterocycles. The molecule has 0 aliphatic carbocycles. The Labute approximate surface area is 154 Å². The highest BCUT2D eigenvalue weighted by molar-refractivity contribution is 7.16. The van der Waals surface area contributed by atoms with Crippen LogP contribution in [0.5, 0.6) is 0 Å². The lowest BCUT2D eigenvalue weighted by Gasteiger charge is -2.15. The molecule has 1 aliphatic rings. The van der Waals surface area contributed by atoms with Gasteiger partial charge in [-0.1, -0.05) is 11.3 Å². The van der Waals surface area contributed by atoms with Crippen molar-refractivity contribution in [3.63, 3.8) is 0 Å². The number of nitrogens with one attached hydrogen (secondary N) is 1. The van der Waals surface area contributed by atoms with Crippen molar-refractivity contribution in [1.82, 2.24) is 19.5 Å². The van der Waals surface area contributed by atoms with E-state index in [1.165, 1.54) is 21.9 Å². The van der Waals surface area contributed by atoms with Crippen LogP contribution in [0.3, 0.4) is 0 Å². The highest BCUT2D eigenvalue weighted by atomic mass is 32.1. The van der Waals surface area contributed by atoms with Crippen LogP contribution in [0.25, 0.3) is 4.96 Å². The van der Waals surface area contributed by atoms with E-state index in [0.29, 0.717) is 22.8 Å². The van der Waals surface area contributed by atoms with Crippen molar-refractivity contribution in [3.8, 4) is 0 Å². The molecule has 3 heterocycles. The van der Waals surface area contributed by atoms with Crippen molar-refractivity contribution in [2.24, 2.45) is 0 Å². The van der Waals surface area contributed by atoms with Crippen LogP contribution in [0.4, 0.5) is 5.69 Å². The zero-order valence-corrected chi connectivity index (χ0v) is 15.3. The zero-order valence-electron chi connectivity index (χ0n) is 14.4. The van der Waals surface area contributed by atoms with Crippen molar-refractivity contribution in [2.75, 3.05) is 18.4 Å². The van der Waals surface area contributed by atoms with Crippen LogP contribution < -0.4 is 10.9 Å². The Kier molecular flexibility index (Phi) is 4.42. The smallest absolute Gasteiger partial charge is 0.275 e. The Bertz CT molecular complexity index is 1000. The second kappa shape index (κ2) is 6.87. The van der Waals surface area contributed by atoms with Gasteiger partial charge in [0.25, 0.3) is 11.5 Å². The number of hydrogen-bond donors (Lipinski definition) is 1. The Morgan fingerprint density at radius 3 is 2.69 bits per heavy atom. The van der Waals surface area contributed by atoms with Gasteiger partial charge in [-0.15, -0.1) is 0 Å². The summed E-state index contributed by atoms with van der Waals surface area (Å²) in [4.78, 5) is 31.4. The van der Waals surface area contributed by atoms with Crippen molar-refractivity contribution >= 4 is 27.9 Å². The number of carbonyl (C=O) groups is 1. The molecule has 0 saturated carbocycles. The predicted octanol–water partition coefficient (Wildman–Crippen LogP) is 2.31. The lowest BCUT2D eigenvalue weighted by Crippen LogP contribution is -2.27. The first-order valence-electron chi connectivity index (χ1n) is 8.60. The van der Waals surface area contributed by atoms with Gasteiger partial charge in [-0.05, 0) is 44.0 Å². The number of hydrogen-bond acceptors (Lipinski definition) is 6. The van der Waals surface area contributed by atoms with Gasteiger partial charge in [-0.25, -0.2) is 4.98 Å². The summed E-state index contributed by atoms with van der Waals surface area (Å²) in [6, 6.07) is 8.92. The van der Waals surface area contributed by atoms with Gasteiger partial charge in [0.1, 0.15) is 5.01 Å². The van der Waals surface area contributed by atoms with E-state index in [-0.39, 0.29) is 11.5 Å². The zero-order chi connectivity index (χ0) is 18.1. The highest BCUT2D eigenvalue weighted by Gasteiger charge is 2.19. The molecule has 0 atom stereocenters. The van der Waals surface area contributed by atoms with E-state index in [1.807, 2.05) is 36.1 Å². The quantitative estimate of drug-likeness (QED) is 0.763. The average Bonchev–Trinajstić information content (AvgIpc) is 3.29. The number of carbonyl (C=O) groups excluding carboxylic acids is 1. The molecule has 1 fully saturated rings. The molecule has 1 saturated heterocycles. The van der Waals surface area contributed by atoms with Crippen LogP contribution in [0.1, 0.15) is 33.9 Å². The van der Waals surface area contributed by atoms with Crippen LogP contribution in [-0.2, 0) is 6.54 Å². The number of likely N-dealkylation sites (tertiary alicyclic amines) is 1. The van der Waals surface area contributed by atoms with Crippen LogP contribution in [0, 0.1) is 6.92 Å². The van der Waals surface area contributed by atoms with Crippen molar-refractivity contribution in [2.45, 2.75) is 26.3 Å². The molecule has 3 aromatic rings. The summed E-state index contributed by atoms with van der Waals surface area (Å²) in [7, 11) is 0. The first kappa shape index (κ1) is 16.7. The first-order chi connectivity index (χ1) is 12.6. The van der Waals surface area contributed by atoms with Gasteiger partial charge >= 0.3 is 0 Å². The molecule has 1 N–H and O–H groups in total. The molecule has 0 radical (unpaired) electrons. The molecule has 0 unspecified atom stereocenters. The first-order valence-corrected chi connectivity index (χ1v) is 9.41. The third-order valence-electron chi connectivity index (χ3n) is 4.40. The molecule has 1 aliphatic heterocycles. The number of rotatable bonds is 4. The number of anilines is 1. The van der Waals surface area contributed by atoms with Gasteiger partial charge in [0.15, 0.2) is 0 Å². The van der Waals surface area contributed by atoms with E-state index in [9.17, 15) is 9.59 Å². The fraction of sp³-hybridized carbons (Fsp3) is 0.333. The Balaban J connectivity index is 1.44. The lowest BCUT2D eigenvalue weighted by molar-refractivity contribution is 0.0793. The number of amides is 1. The summed E-state index contributed by atoms with van der Waals surface area (Å²) in [5.74, 6) is 0.0924. The van der Waals surface area contributed by atoms with Gasteiger partial charge in [0.05, 0.1) is 12.2 Å². The number of aryl methyl sites for hydroxylation is 1.